The van der Waals surface area contributed by atoms with E-state index in [0.717, 1.165) is 17.3 Å². The normalized spacial score (nSPS) is 10.1. The highest BCUT2D eigenvalue weighted by atomic mass is 35.5. The highest BCUT2D eigenvalue weighted by Crippen LogP contribution is 2.27. The van der Waals surface area contributed by atoms with Crippen LogP contribution in [0.2, 0.25) is 5.02 Å². The molecule has 0 aromatic heterocycles. The number of nitro groups is 1. The minimum absolute atomic E-state index is 0.116. The number of hydrogen-bond acceptors (Lipinski definition) is 4. The van der Waals surface area contributed by atoms with Crippen molar-refractivity contribution in [3.63, 3.8) is 0 Å². The van der Waals surface area contributed by atoms with Crippen molar-refractivity contribution in [2.24, 2.45) is 0 Å². The van der Waals surface area contributed by atoms with Crippen LogP contribution in [0.25, 0.3) is 0 Å². The van der Waals surface area contributed by atoms with Crippen LogP contribution >= 0.6 is 23.4 Å². The lowest BCUT2D eigenvalue weighted by Gasteiger charge is -2.06. The quantitative estimate of drug-likeness (QED) is 0.653. The zero-order valence-corrected chi connectivity index (χ0v) is 12.4. The molecule has 21 heavy (non-hydrogen) atoms. The van der Waals surface area contributed by atoms with Crippen molar-refractivity contribution in [2.45, 2.75) is 5.75 Å². The molecule has 0 fully saturated rings. The van der Waals surface area contributed by atoms with Gasteiger partial charge in [0.05, 0.1) is 15.6 Å². The van der Waals surface area contributed by atoms with Gasteiger partial charge in [-0.05, 0) is 11.6 Å². The predicted octanol–water partition coefficient (Wildman–Crippen LogP) is 4.71. The number of nitro benzene ring substituents is 1. The summed E-state index contributed by atoms with van der Waals surface area (Å²) < 4.78 is 0. The molecule has 1 amide bonds. The highest BCUT2D eigenvalue weighted by Gasteiger charge is 2.11. The van der Waals surface area contributed by atoms with E-state index in [4.69, 9.17) is 11.6 Å². The van der Waals surface area contributed by atoms with Crippen LogP contribution in [0.1, 0.15) is 5.56 Å². The Hall–Kier alpha value is -2.05. The molecule has 108 valence electrons. The Kier molecular flexibility index (Phi) is 5.19. The van der Waals surface area contributed by atoms with Gasteiger partial charge in [0.15, 0.2) is 0 Å². The van der Waals surface area contributed by atoms with Gasteiger partial charge in [0.2, 0.25) is 0 Å². The number of non-ortho nitro benzene ring substituents is 1. The molecule has 0 radical (unpaired) electrons. The molecular formula is C14H11ClN2O3S. The van der Waals surface area contributed by atoms with Crippen LogP contribution in [-0.2, 0) is 5.75 Å². The van der Waals surface area contributed by atoms with E-state index in [0.29, 0.717) is 11.4 Å². The van der Waals surface area contributed by atoms with Gasteiger partial charge in [-0.3, -0.25) is 14.9 Å². The largest absolute Gasteiger partial charge is 0.315 e. The van der Waals surface area contributed by atoms with Crippen molar-refractivity contribution in [3.8, 4) is 0 Å². The lowest BCUT2D eigenvalue weighted by atomic mass is 10.2. The van der Waals surface area contributed by atoms with Crippen LogP contribution in [0.4, 0.5) is 16.2 Å². The first kappa shape index (κ1) is 15.3. The second-order valence-electron chi connectivity index (χ2n) is 4.11. The Morgan fingerprint density at radius 3 is 2.57 bits per heavy atom. The summed E-state index contributed by atoms with van der Waals surface area (Å²) in [6.45, 7) is 0. The summed E-state index contributed by atoms with van der Waals surface area (Å²) in [6.07, 6.45) is 0. The van der Waals surface area contributed by atoms with E-state index >= 15 is 0 Å². The number of thioether (sulfide) groups is 1. The molecule has 0 atom stereocenters. The summed E-state index contributed by atoms with van der Waals surface area (Å²) in [5.41, 5.74) is 1.27. The maximum absolute atomic E-state index is 11.8. The Balaban J connectivity index is 1.95. The van der Waals surface area contributed by atoms with Gasteiger partial charge in [-0.15, -0.1) is 0 Å². The molecule has 0 unspecified atom stereocenters. The van der Waals surface area contributed by atoms with Crippen LogP contribution in [-0.4, -0.2) is 10.2 Å². The lowest BCUT2D eigenvalue weighted by molar-refractivity contribution is -0.384. The van der Waals surface area contributed by atoms with Crippen LogP contribution in [0.15, 0.2) is 48.5 Å². The van der Waals surface area contributed by atoms with Gasteiger partial charge >= 0.3 is 0 Å². The fourth-order valence-electron chi connectivity index (χ4n) is 1.59. The Bertz CT molecular complexity index is 665. The van der Waals surface area contributed by atoms with Crippen molar-refractivity contribution >= 4 is 40.0 Å². The molecule has 2 rings (SSSR count). The van der Waals surface area contributed by atoms with Crippen molar-refractivity contribution in [3.05, 3.63) is 69.2 Å². The number of carbonyl (C=O) groups excluding carboxylic acids is 1. The number of nitrogens with one attached hydrogen (secondary N) is 1. The number of halogens is 1. The summed E-state index contributed by atoms with van der Waals surface area (Å²) in [5, 5.41) is 13.1. The Morgan fingerprint density at radius 1 is 1.24 bits per heavy atom. The van der Waals surface area contributed by atoms with Crippen molar-refractivity contribution in [2.75, 3.05) is 5.32 Å². The van der Waals surface area contributed by atoms with E-state index in [9.17, 15) is 14.9 Å². The lowest BCUT2D eigenvalue weighted by Crippen LogP contribution is -2.06. The maximum atomic E-state index is 11.8. The topological polar surface area (TPSA) is 72.2 Å². The minimum Gasteiger partial charge on any atom is -0.315 e. The molecular weight excluding hydrogens is 312 g/mol. The first-order valence-corrected chi connectivity index (χ1v) is 7.34. The molecule has 0 aliphatic heterocycles. The number of nitrogens with zero attached hydrogens (tertiary/aromatic N) is 1. The first-order valence-electron chi connectivity index (χ1n) is 5.98. The maximum Gasteiger partial charge on any atom is 0.283 e. The summed E-state index contributed by atoms with van der Waals surface area (Å²) >= 11 is 7.01. The highest BCUT2D eigenvalue weighted by molar-refractivity contribution is 8.13. The van der Waals surface area contributed by atoms with E-state index in [1.807, 2.05) is 30.3 Å². The second kappa shape index (κ2) is 7.10. The third kappa shape index (κ3) is 4.47. The fourth-order valence-corrected chi connectivity index (χ4v) is 2.48. The Morgan fingerprint density at radius 2 is 1.95 bits per heavy atom. The third-order valence-electron chi connectivity index (χ3n) is 2.61. The molecule has 5 nitrogen and oxygen atoms in total. The number of anilines is 1. The van der Waals surface area contributed by atoms with E-state index < -0.39 is 4.92 Å². The van der Waals surface area contributed by atoms with Gasteiger partial charge in [0, 0.05) is 17.9 Å². The number of rotatable bonds is 4. The molecule has 0 saturated carbocycles. The Labute approximate surface area is 130 Å². The zero-order valence-electron chi connectivity index (χ0n) is 10.8. The van der Waals surface area contributed by atoms with Gasteiger partial charge in [0.25, 0.3) is 10.9 Å². The van der Waals surface area contributed by atoms with Crippen LogP contribution in [0.5, 0.6) is 0 Å². The molecule has 0 bridgehead atoms. The summed E-state index contributed by atoms with van der Waals surface area (Å²) in [4.78, 5) is 21.9. The average Bonchev–Trinajstić information content (AvgIpc) is 2.48. The number of benzene rings is 2. The molecule has 0 saturated heterocycles. The number of carbonyl (C=O) groups is 1. The van der Waals surface area contributed by atoms with E-state index in [1.54, 1.807) is 0 Å². The molecule has 7 heteroatoms. The van der Waals surface area contributed by atoms with Gasteiger partial charge in [-0.2, -0.15) is 0 Å². The number of hydrogen-bond donors (Lipinski definition) is 1. The SMILES string of the molecule is O=C(Nc1ccc([N+](=O)[O-])cc1Cl)SCc1ccccc1. The van der Waals surface area contributed by atoms with E-state index in [2.05, 4.69) is 5.32 Å². The summed E-state index contributed by atoms with van der Waals surface area (Å²) in [6, 6.07) is 13.5. The van der Waals surface area contributed by atoms with Gasteiger partial charge < -0.3 is 5.32 Å². The van der Waals surface area contributed by atoms with Crippen molar-refractivity contribution in [1.29, 1.82) is 0 Å². The molecule has 0 spiro atoms. The molecule has 2 aromatic carbocycles. The summed E-state index contributed by atoms with van der Waals surface area (Å²) in [5.74, 6) is 0.539. The first-order chi connectivity index (χ1) is 10.1. The smallest absolute Gasteiger partial charge is 0.283 e. The molecule has 0 aliphatic rings. The zero-order chi connectivity index (χ0) is 15.2. The van der Waals surface area contributed by atoms with Gasteiger partial charge in [-0.25, -0.2) is 0 Å². The fraction of sp³-hybridized carbons (Fsp3) is 0.0714. The number of amides is 1. The van der Waals surface area contributed by atoms with Crippen molar-refractivity contribution in [1.82, 2.24) is 0 Å². The minimum atomic E-state index is -0.540. The molecule has 0 heterocycles. The standard InChI is InChI=1S/C14H11ClN2O3S/c15-12-8-11(17(19)20)6-7-13(12)16-14(18)21-9-10-4-2-1-3-5-10/h1-8H,9H2,(H,16,18). The van der Waals surface area contributed by atoms with Gasteiger partial charge in [-0.1, -0.05) is 53.7 Å². The molecule has 2 aromatic rings. The van der Waals surface area contributed by atoms with Crippen molar-refractivity contribution < 1.29 is 9.72 Å². The average molecular weight is 323 g/mol. The third-order valence-corrected chi connectivity index (χ3v) is 3.77. The predicted molar refractivity (Wildman–Crippen MR) is 84.9 cm³/mol. The molecule has 1 N–H and O–H groups in total. The summed E-state index contributed by atoms with van der Waals surface area (Å²) in [7, 11) is 0. The van der Waals surface area contributed by atoms with E-state index in [1.165, 1.54) is 18.2 Å². The van der Waals surface area contributed by atoms with Crippen LogP contribution in [0.3, 0.4) is 0 Å². The monoisotopic (exact) mass is 322 g/mol. The van der Waals surface area contributed by atoms with Crippen LogP contribution in [0, 0.1) is 10.1 Å². The second-order valence-corrected chi connectivity index (χ2v) is 5.46. The van der Waals surface area contributed by atoms with Gasteiger partial charge in [0.1, 0.15) is 0 Å². The van der Waals surface area contributed by atoms with Crippen LogP contribution < -0.4 is 5.32 Å². The van der Waals surface area contributed by atoms with E-state index in [-0.39, 0.29) is 15.9 Å². The molecule has 0 aliphatic carbocycles.